The normalized spacial score (nSPS) is 18.5. The van der Waals surface area contributed by atoms with Gasteiger partial charge in [0.25, 0.3) is 0 Å². The molecular formula is C15H14N2O. The Bertz CT molecular complexity index is 664. The van der Waals surface area contributed by atoms with Gasteiger partial charge in [0.15, 0.2) is 0 Å². The number of hydrogen-bond donors (Lipinski definition) is 2. The number of dihydropyridines is 1. The van der Waals surface area contributed by atoms with Crippen molar-refractivity contribution in [1.29, 1.82) is 0 Å². The minimum atomic E-state index is 0.0277. The zero-order chi connectivity index (χ0) is 12.5. The number of aryl methyl sites for hydroxylation is 1. The predicted molar refractivity (Wildman–Crippen MR) is 72.2 cm³/mol. The molecule has 0 saturated heterocycles. The van der Waals surface area contributed by atoms with Gasteiger partial charge in [-0.3, -0.25) is 4.79 Å². The molecule has 0 aliphatic carbocycles. The summed E-state index contributed by atoms with van der Waals surface area (Å²) in [5, 5.41) is 4.14. The van der Waals surface area contributed by atoms with Gasteiger partial charge in [0.2, 0.25) is 0 Å². The zero-order valence-corrected chi connectivity index (χ0v) is 10.1. The molecule has 1 aliphatic heterocycles. The highest BCUT2D eigenvalue weighted by molar-refractivity contribution is 5.88. The average molecular weight is 238 g/mol. The van der Waals surface area contributed by atoms with Crippen molar-refractivity contribution in [2.75, 3.05) is 0 Å². The molecule has 3 rings (SSSR count). The maximum absolute atomic E-state index is 11.2. The number of allylic oxidation sites excluding steroid dienone is 2. The number of rotatable bonds is 2. The Kier molecular flexibility index (Phi) is 2.52. The first-order valence-electron chi connectivity index (χ1n) is 5.96. The monoisotopic (exact) mass is 238 g/mol. The van der Waals surface area contributed by atoms with Crippen LogP contribution in [0.4, 0.5) is 0 Å². The van der Waals surface area contributed by atoms with Gasteiger partial charge in [0, 0.05) is 34.3 Å². The summed E-state index contributed by atoms with van der Waals surface area (Å²) < 4.78 is 0. The molecule has 18 heavy (non-hydrogen) atoms. The lowest BCUT2D eigenvalue weighted by atomic mass is 9.89. The largest absolute Gasteiger partial charge is 0.368 e. The second-order valence-corrected chi connectivity index (χ2v) is 4.47. The SMILES string of the molecule is Cc1[nH]c2ccccc2c1C1C=CNC=C1C=O. The first-order valence-corrected chi connectivity index (χ1v) is 5.96. The highest BCUT2D eigenvalue weighted by Crippen LogP contribution is 2.34. The lowest BCUT2D eigenvalue weighted by Crippen LogP contribution is -2.11. The Balaban J connectivity index is 2.22. The third-order valence-electron chi connectivity index (χ3n) is 3.38. The van der Waals surface area contributed by atoms with E-state index >= 15 is 0 Å². The lowest BCUT2D eigenvalue weighted by Gasteiger charge is -2.17. The first kappa shape index (κ1) is 10.8. The molecule has 1 aliphatic rings. The van der Waals surface area contributed by atoms with E-state index in [1.807, 2.05) is 31.3 Å². The van der Waals surface area contributed by atoms with Gasteiger partial charge in [-0.05, 0) is 24.8 Å². The Morgan fingerprint density at radius 3 is 2.94 bits per heavy atom. The second kappa shape index (κ2) is 4.18. The Labute approximate surface area is 105 Å². The zero-order valence-electron chi connectivity index (χ0n) is 10.1. The molecular weight excluding hydrogens is 224 g/mol. The van der Waals surface area contributed by atoms with E-state index in [4.69, 9.17) is 0 Å². The van der Waals surface area contributed by atoms with Crippen LogP contribution >= 0.6 is 0 Å². The number of hydrogen-bond acceptors (Lipinski definition) is 2. The Morgan fingerprint density at radius 2 is 2.11 bits per heavy atom. The van der Waals surface area contributed by atoms with Gasteiger partial charge in [0.1, 0.15) is 6.29 Å². The fourth-order valence-corrected chi connectivity index (χ4v) is 2.57. The standard InChI is InChI=1S/C15H14N2O/c1-10-15(12-6-7-16-8-11(12)9-18)13-4-2-3-5-14(13)17-10/h2-9,12,16-17H,1H3. The maximum Gasteiger partial charge on any atom is 0.148 e. The summed E-state index contributed by atoms with van der Waals surface area (Å²) in [6.45, 7) is 2.05. The van der Waals surface area contributed by atoms with Gasteiger partial charge in [-0.1, -0.05) is 24.3 Å². The van der Waals surface area contributed by atoms with Crippen molar-refractivity contribution >= 4 is 17.2 Å². The maximum atomic E-state index is 11.2. The first-order chi connectivity index (χ1) is 8.81. The molecule has 1 atom stereocenters. The lowest BCUT2D eigenvalue weighted by molar-refractivity contribution is -0.105. The van der Waals surface area contributed by atoms with E-state index < -0.39 is 0 Å². The summed E-state index contributed by atoms with van der Waals surface area (Å²) in [4.78, 5) is 14.5. The molecule has 2 N–H and O–H groups in total. The van der Waals surface area contributed by atoms with E-state index in [0.717, 1.165) is 23.1 Å². The van der Waals surface area contributed by atoms with E-state index in [-0.39, 0.29) is 5.92 Å². The number of aromatic nitrogens is 1. The molecule has 90 valence electrons. The molecule has 0 saturated carbocycles. The van der Waals surface area contributed by atoms with Crippen molar-refractivity contribution in [1.82, 2.24) is 10.3 Å². The molecule has 1 aromatic carbocycles. The summed E-state index contributed by atoms with van der Waals surface area (Å²) in [5.74, 6) is 0.0277. The number of H-pyrrole nitrogens is 1. The predicted octanol–water partition coefficient (Wildman–Crippen LogP) is 2.76. The van der Waals surface area contributed by atoms with Gasteiger partial charge in [-0.2, -0.15) is 0 Å². The van der Waals surface area contributed by atoms with E-state index in [1.165, 1.54) is 10.9 Å². The van der Waals surface area contributed by atoms with E-state index in [1.54, 1.807) is 6.20 Å². The summed E-state index contributed by atoms with van der Waals surface area (Å²) in [6, 6.07) is 8.18. The number of aromatic amines is 1. The smallest absolute Gasteiger partial charge is 0.148 e. The summed E-state index contributed by atoms with van der Waals surface area (Å²) >= 11 is 0. The van der Waals surface area contributed by atoms with Crippen LogP contribution in [0.2, 0.25) is 0 Å². The minimum absolute atomic E-state index is 0.0277. The third kappa shape index (κ3) is 1.56. The van der Waals surface area contributed by atoms with Gasteiger partial charge in [0.05, 0.1) is 0 Å². The molecule has 0 amide bonds. The fourth-order valence-electron chi connectivity index (χ4n) is 2.57. The van der Waals surface area contributed by atoms with Crippen LogP contribution < -0.4 is 5.32 Å². The van der Waals surface area contributed by atoms with Gasteiger partial charge < -0.3 is 10.3 Å². The van der Waals surface area contributed by atoms with Crippen LogP contribution in [0.15, 0.2) is 48.3 Å². The van der Waals surface area contributed by atoms with Crippen LogP contribution in [0.3, 0.4) is 0 Å². The second-order valence-electron chi connectivity index (χ2n) is 4.47. The van der Waals surface area contributed by atoms with Crippen molar-refractivity contribution in [3.05, 3.63) is 59.6 Å². The van der Waals surface area contributed by atoms with Crippen LogP contribution in [0.1, 0.15) is 17.2 Å². The van der Waals surface area contributed by atoms with Gasteiger partial charge in [-0.25, -0.2) is 0 Å². The average Bonchev–Trinajstić information content (AvgIpc) is 2.74. The third-order valence-corrected chi connectivity index (χ3v) is 3.38. The summed E-state index contributed by atoms with van der Waals surface area (Å²) in [5.41, 5.74) is 4.16. The molecule has 0 fully saturated rings. The summed E-state index contributed by atoms with van der Waals surface area (Å²) in [7, 11) is 0. The number of para-hydroxylation sites is 1. The van der Waals surface area contributed by atoms with Crippen molar-refractivity contribution in [3.8, 4) is 0 Å². The molecule has 1 unspecified atom stereocenters. The van der Waals surface area contributed by atoms with Gasteiger partial charge in [-0.15, -0.1) is 0 Å². The van der Waals surface area contributed by atoms with Gasteiger partial charge >= 0.3 is 0 Å². The Hall–Kier alpha value is -2.29. The number of benzene rings is 1. The van der Waals surface area contributed by atoms with Crippen LogP contribution in [-0.2, 0) is 4.79 Å². The molecule has 3 nitrogen and oxygen atoms in total. The topological polar surface area (TPSA) is 44.9 Å². The molecule has 3 heteroatoms. The molecule has 0 bridgehead atoms. The van der Waals surface area contributed by atoms with Crippen LogP contribution in [0, 0.1) is 6.92 Å². The highest BCUT2D eigenvalue weighted by atomic mass is 16.1. The number of carbonyl (C=O) groups excluding carboxylic acids is 1. The minimum Gasteiger partial charge on any atom is -0.368 e. The molecule has 0 spiro atoms. The van der Waals surface area contributed by atoms with Crippen molar-refractivity contribution in [2.45, 2.75) is 12.8 Å². The summed E-state index contributed by atoms with van der Waals surface area (Å²) in [6.07, 6.45) is 6.58. The number of carbonyl (C=O) groups is 1. The van der Waals surface area contributed by atoms with E-state index in [2.05, 4.69) is 22.4 Å². The van der Waals surface area contributed by atoms with Crippen molar-refractivity contribution in [2.24, 2.45) is 0 Å². The van der Waals surface area contributed by atoms with E-state index in [9.17, 15) is 4.79 Å². The molecule has 1 aromatic heterocycles. The number of aldehydes is 1. The van der Waals surface area contributed by atoms with Crippen LogP contribution in [-0.4, -0.2) is 11.3 Å². The highest BCUT2D eigenvalue weighted by Gasteiger charge is 2.21. The molecule has 0 radical (unpaired) electrons. The Morgan fingerprint density at radius 1 is 1.28 bits per heavy atom. The van der Waals surface area contributed by atoms with Crippen LogP contribution in [0.5, 0.6) is 0 Å². The fraction of sp³-hybridized carbons (Fsp3) is 0.133. The van der Waals surface area contributed by atoms with Crippen LogP contribution in [0.25, 0.3) is 10.9 Å². The van der Waals surface area contributed by atoms with Crippen molar-refractivity contribution < 1.29 is 4.79 Å². The quantitative estimate of drug-likeness (QED) is 0.790. The van der Waals surface area contributed by atoms with Crippen molar-refractivity contribution in [3.63, 3.8) is 0 Å². The molecule has 2 heterocycles. The van der Waals surface area contributed by atoms with E-state index in [0.29, 0.717) is 0 Å². The number of nitrogens with one attached hydrogen (secondary N) is 2. The number of fused-ring (bicyclic) bond motifs is 1. The molecule has 2 aromatic rings.